The molecule has 0 radical (unpaired) electrons. The molecule has 0 aliphatic carbocycles. The van der Waals surface area contributed by atoms with Crippen LogP contribution >= 0.6 is 11.3 Å². The van der Waals surface area contributed by atoms with Crippen molar-refractivity contribution in [3.8, 4) is 0 Å². The van der Waals surface area contributed by atoms with Crippen LogP contribution < -0.4 is 10.3 Å². The number of H-pyrrole nitrogens is 1. The first-order valence-corrected chi connectivity index (χ1v) is 11.4. The second kappa shape index (κ2) is 8.61. The summed E-state index contributed by atoms with van der Waals surface area (Å²) in [5.41, 5.74) is 2.67. The van der Waals surface area contributed by atoms with Crippen LogP contribution in [0, 0.1) is 0 Å². The van der Waals surface area contributed by atoms with Crippen molar-refractivity contribution >= 4 is 28.2 Å². The van der Waals surface area contributed by atoms with E-state index in [4.69, 9.17) is 4.74 Å². The summed E-state index contributed by atoms with van der Waals surface area (Å²) in [6, 6.07) is 13.7. The number of para-hydroxylation sites is 1. The van der Waals surface area contributed by atoms with E-state index in [1.807, 2.05) is 24.3 Å². The number of rotatable bonds is 7. The molecule has 0 bridgehead atoms. The molecule has 3 aromatic heterocycles. The summed E-state index contributed by atoms with van der Waals surface area (Å²) in [6.07, 6.45) is 5.40. The van der Waals surface area contributed by atoms with Crippen LogP contribution in [0.3, 0.4) is 0 Å². The van der Waals surface area contributed by atoms with Gasteiger partial charge in [-0.1, -0.05) is 19.1 Å². The summed E-state index contributed by atoms with van der Waals surface area (Å²) in [5, 5.41) is 0.718. The van der Waals surface area contributed by atoms with Crippen LogP contribution in [0.5, 0.6) is 0 Å². The van der Waals surface area contributed by atoms with E-state index in [0.717, 1.165) is 48.2 Å². The van der Waals surface area contributed by atoms with Crippen LogP contribution in [0.15, 0.2) is 59.7 Å². The van der Waals surface area contributed by atoms with Crippen LogP contribution in [0.1, 0.15) is 40.4 Å². The number of hydrogen-bond acceptors (Lipinski definition) is 6. The van der Waals surface area contributed by atoms with Gasteiger partial charge >= 0.3 is 0 Å². The number of thiophene rings is 1. The van der Waals surface area contributed by atoms with E-state index in [1.54, 1.807) is 29.8 Å². The maximum Gasteiger partial charge on any atom is 0.226 e. The fourth-order valence-electron chi connectivity index (χ4n) is 4.12. The third-order valence-corrected chi connectivity index (χ3v) is 6.75. The van der Waals surface area contributed by atoms with Crippen LogP contribution in [-0.2, 0) is 17.7 Å². The van der Waals surface area contributed by atoms with Gasteiger partial charge in [-0.05, 0) is 36.8 Å². The van der Waals surface area contributed by atoms with Crippen molar-refractivity contribution in [1.82, 2.24) is 15.0 Å². The maximum atomic E-state index is 13.3. The molecule has 1 aliphatic heterocycles. The Kier molecular flexibility index (Phi) is 5.53. The molecule has 31 heavy (non-hydrogen) atoms. The third-order valence-electron chi connectivity index (χ3n) is 5.56. The normalized spacial score (nSPS) is 15.5. The molecule has 0 amide bonds. The minimum Gasteiger partial charge on any atom is -0.381 e. The predicted octanol–water partition coefficient (Wildman–Crippen LogP) is 4.46. The predicted molar refractivity (Wildman–Crippen MR) is 124 cm³/mol. The summed E-state index contributed by atoms with van der Waals surface area (Å²) in [5.74, 6) is 0.627. The maximum absolute atomic E-state index is 13.3. The third kappa shape index (κ3) is 3.75. The average Bonchev–Trinajstić information content (AvgIpc) is 3.42. The van der Waals surface area contributed by atoms with Crippen molar-refractivity contribution in [3.05, 3.63) is 86.1 Å². The lowest BCUT2D eigenvalue weighted by molar-refractivity contribution is 0.138. The van der Waals surface area contributed by atoms with Gasteiger partial charge in [-0.2, -0.15) is 0 Å². The minimum atomic E-state index is -0.120. The number of aromatic amines is 1. The summed E-state index contributed by atoms with van der Waals surface area (Å²) >= 11 is 1.76. The number of pyridine rings is 1. The van der Waals surface area contributed by atoms with Gasteiger partial charge in [0.15, 0.2) is 5.43 Å². The molecule has 6 nitrogen and oxygen atoms in total. The van der Waals surface area contributed by atoms with Crippen molar-refractivity contribution in [1.29, 1.82) is 0 Å². The highest BCUT2D eigenvalue weighted by molar-refractivity contribution is 7.12. The summed E-state index contributed by atoms with van der Waals surface area (Å²) < 4.78 is 5.66. The molecule has 0 fully saturated rings. The van der Waals surface area contributed by atoms with Crippen LogP contribution in [-0.4, -0.2) is 28.2 Å². The zero-order valence-corrected chi connectivity index (χ0v) is 18.2. The lowest BCUT2D eigenvalue weighted by Crippen LogP contribution is -2.24. The average molecular weight is 433 g/mol. The first-order chi connectivity index (χ1) is 15.3. The quantitative estimate of drug-likeness (QED) is 0.437. The summed E-state index contributed by atoms with van der Waals surface area (Å²) in [7, 11) is 0. The molecule has 4 aromatic rings. The number of fused-ring (bicyclic) bond motifs is 2. The van der Waals surface area contributed by atoms with Crippen LogP contribution in [0.25, 0.3) is 10.9 Å². The number of aromatic nitrogens is 3. The highest BCUT2D eigenvalue weighted by Gasteiger charge is 2.37. The SMILES string of the molecule is CCCOCCc1ccc(C2c3[nH]c4ccccc4c(=O)c3CN2c2ncccn2)s1. The molecule has 1 N–H and O–H groups in total. The Hall–Kier alpha value is -3.03. The highest BCUT2D eigenvalue weighted by atomic mass is 32.1. The van der Waals surface area contributed by atoms with Gasteiger partial charge in [-0.25, -0.2) is 9.97 Å². The second-order valence-electron chi connectivity index (χ2n) is 7.64. The topological polar surface area (TPSA) is 71.1 Å². The number of nitrogens with one attached hydrogen (secondary N) is 1. The summed E-state index contributed by atoms with van der Waals surface area (Å²) in [4.78, 5) is 30.3. The fourth-order valence-corrected chi connectivity index (χ4v) is 5.24. The van der Waals surface area contributed by atoms with Gasteiger partial charge in [0.2, 0.25) is 5.95 Å². The highest BCUT2D eigenvalue weighted by Crippen LogP contribution is 2.41. The Bertz CT molecular complexity index is 1250. The van der Waals surface area contributed by atoms with Crippen molar-refractivity contribution in [2.75, 3.05) is 18.1 Å². The van der Waals surface area contributed by atoms with E-state index in [-0.39, 0.29) is 11.5 Å². The lowest BCUT2D eigenvalue weighted by atomic mass is 10.1. The fraction of sp³-hybridized carbons (Fsp3) is 0.292. The van der Waals surface area contributed by atoms with E-state index in [1.165, 1.54) is 9.75 Å². The van der Waals surface area contributed by atoms with Crippen LogP contribution in [0.4, 0.5) is 5.95 Å². The molecular weight excluding hydrogens is 408 g/mol. The largest absolute Gasteiger partial charge is 0.381 e. The van der Waals surface area contributed by atoms with E-state index in [2.05, 4.69) is 38.9 Å². The van der Waals surface area contributed by atoms with E-state index >= 15 is 0 Å². The van der Waals surface area contributed by atoms with Gasteiger partial charge in [-0.3, -0.25) is 4.79 Å². The van der Waals surface area contributed by atoms with Crippen LogP contribution in [0.2, 0.25) is 0 Å². The van der Waals surface area contributed by atoms with Gasteiger partial charge in [0.25, 0.3) is 0 Å². The lowest BCUT2D eigenvalue weighted by Gasteiger charge is -2.24. The molecule has 1 aromatic carbocycles. The van der Waals surface area contributed by atoms with Crippen molar-refractivity contribution in [3.63, 3.8) is 0 Å². The first-order valence-electron chi connectivity index (χ1n) is 10.6. The molecule has 7 heteroatoms. The molecule has 158 valence electrons. The van der Waals surface area contributed by atoms with Gasteiger partial charge in [-0.15, -0.1) is 11.3 Å². The van der Waals surface area contributed by atoms with Crippen molar-refractivity contribution in [2.24, 2.45) is 0 Å². The zero-order valence-electron chi connectivity index (χ0n) is 17.4. The first kappa shape index (κ1) is 19.9. The molecule has 5 rings (SSSR count). The number of anilines is 1. The number of hydrogen-bond donors (Lipinski definition) is 1. The van der Waals surface area contributed by atoms with Crippen molar-refractivity contribution < 1.29 is 4.74 Å². The summed E-state index contributed by atoms with van der Waals surface area (Å²) in [6.45, 7) is 4.12. The molecule has 0 saturated heterocycles. The molecule has 1 aliphatic rings. The Labute approximate surface area is 184 Å². The Morgan fingerprint density at radius 3 is 2.81 bits per heavy atom. The Morgan fingerprint density at radius 2 is 1.97 bits per heavy atom. The van der Waals surface area contributed by atoms with E-state index < -0.39 is 0 Å². The molecular formula is C24H24N4O2S. The number of nitrogens with zero attached hydrogens (tertiary/aromatic N) is 3. The zero-order chi connectivity index (χ0) is 21.2. The number of benzene rings is 1. The monoisotopic (exact) mass is 432 g/mol. The molecule has 1 unspecified atom stereocenters. The second-order valence-corrected chi connectivity index (χ2v) is 8.84. The van der Waals surface area contributed by atoms with E-state index in [0.29, 0.717) is 12.5 Å². The molecule has 1 atom stereocenters. The minimum absolute atomic E-state index is 0.0810. The Balaban J connectivity index is 1.57. The standard InChI is InChI=1S/C24H24N4O2S/c1-2-13-30-14-10-16-8-9-20(31-16)22-21-18(15-28(22)24-25-11-5-12-26-24)23(29)17-6-3-4-7-19(17)27-21/h3-9,11-12,22H,2,10,13-15H2,1H3,(H,27,29). The van der Waals surface area contributed by atoms with Gasteiger partial charge < -0.3 is 14.6 Å². The molecule has 0 spiro atoms. The van der Waals surface area contributed by atoms with Crippen molar-refractivity contribution in [2.45, 2.75) is 32.4 Å². The van der Waals surface area contributed by atoms with Gasteiger partial charge in [0.05, 0.1) is 18.8 Å². The number of ether oxygens (including phenoxy) is 1. The van der Waals surface area contributed by atoms with E-state index in [9.17, 15) is 4.79 Å². The Morgan fingerprint density at radius 1 is 1.13 bits per heavy atom. The van der Waals surface area contributed by atoms with Gasteiger partial charge in [0.1, 0.15) is 6.04 Å². The molecule has 0 saturated carbocycles. The van der Waals surface area contributed by atoms with Gasteiger partial charge in [0, 0.05) is 51.6 Å². The molecule has 4 heterocycles. The smallest absolute Gasteiger partial charge is 0.226 e.